The summed E-state index contributed by atoms with van der Waals surface area (Å²) in [5, 5.41) is 12.4. The largest absolute Gasteiger partial charge is 0.497 e. The molecule has 25 heavy (non-hydrogen) atoms. The Labute approximate surface area is 146 Å². The van der Waals surface area contributed by atoms with Gasteiger partial charge < -0.3 is 24.8 Å². The number of piperidine rings is 1. The van der Waals surface area contributed by atoms with Gasteiger partial charge in [0, 0.05) is 30.9 Å². The Bertz CT molecular complexity index is 628. The highest BCUT2D eigenvalue weighted by Gasteiger charge is 2.37. The first-order chi connectivity index (χ1) is 12.1. The van der Waals surface area contributed by atoms with E-state index in [1.54, 1.807) is 12.0 Å². The SMILES string of the molecule is COc1cccc(NC2CCN(C(=O)[C@@H]3CC[C@H](C(=O)O)O3)CC2)c1. The second kappa shape index (κ2) is 7.74. The third kappa shape index (κ3) is 4.22. The molecule has 136 valence electrons. The molecule has 0 aromatic heterocycles. The maximum absolute atomic E-state index is 12.5. The Morgan fingerprint density at radius 1 is 1.20 bits per heavy atom. The summed E-state index contributed by atoms with van der Waals surface area (Å²) < 4.78 is 10.6. The first kappa shape index (κ1) is 17.5. The lowest BCUT2D eigenvalue weighted by atomic mass is 10.0. The molecule has 7 heteroatoms. The minimum Gasteiger partial charge on any atom is -0.497 e. The number of benzene rings is 1. The lowest BCUT2D eigenvalue weighted by Gasteiger charge is -2.34. The number of carboxylic acids is 1. The summed E-state index contributed by atoms with van der Waals surface area (Å²) >= 11 is 0. The van der Waals surface area contributed by atoms with E-state index >= 15 is 0 Å². The monoisotopic (exact) mass is 348 g/mol. The summed E-state index contributed by atoms with van der Waals surface area (Å²) in [4.78, 5) is 25.2. The van der Waals surface area contributed by atoms with Crippen LogP contribution >= 0.6 is 0 Å². The van der Waals surface area contributed by atoms with E-state index in [0.717, 1.165) is 24.3 Å². The average molecular weight is 348 g/mol. The van der Waals surface area contributed by atoms with Crippen molar-refractivity contribution >= 4 is 17.6 Å². The van der Waals surface area contributed by atoms with E-state index in [1.807, 2.05) is 24.3 Å². The number of nitrogens with zero attached hydrogens (tertiary/aromatic N) is 1. The van der Waals surface area contributed by atoms with Crippen LogP contribution in [0.2, 0.25) is 0 Å². The van der Waals surface area contributed by atoms with Gasteiger partial charge in [0.1, 0.15) is 11.9 Å². The van der Waals surface area contributed by atoms with Gasteiger partial charge in [-0.2, -0.15) is 0 Å². The van der Waals surface area contributed by atoms with Crippen LogP contribution in [0.4, 0.5) is 5.69 Å². The molecule has 2 N–H and O–H groups in total. The Balaban J connectivity index is 1.48. The van der Waals surface area contributed by atoms with Gasteiger partial charge in [0.15, 0.2) is 6.10 Å². The minimum absolute atomic E-state index is 0.0800. The van der Waals surface area contributed by atoms with Gasteiger partial charge in [0.05, 0.1) is 7.11 Å². The zero-order valence-corrected chi connectivity index (χ0v) is 14.3. The normalized spacial score (nSPS) is 24.1. The Hall–Kier alpha value is -2.28. The molecule has 0 bridgehead atoms. The highest BCUT2D eigenvalue weighted by atomic mass is 16.5. The zero-order chi connectivity index (χ0) is 17.8. The number of ether oxygens (including phenoxy) is 2. The van der Waals surface area contributed by atoms with E-state index in [0.29, 0.717) is 32.0 Å². The van der Waals surface area contributed by atoms with Crippen molar-refractivity contribution in [3.8, 4) is 5.75 Å². The summed E-state index contributed by atoms with van der Waals surface area (Å²) in [6.45, 7) is 1.30. The van der Waals surface area contributed by atoms with Crippen LogP contribution in [0.3, 0.4) is 0 Å². The van der Waals surface area contributed by atoms with Gasteiger partial charge in [-0.05, 0) is 37.8 Å². The number of aliphatic carboxylic acids is 1. The highest BCUT2D eigenvalue weighted by Crippen LogP contribution is 2.25. The van der Waals surface area contributed by atoms with Gasteiger partial charge in [-0.1, -0.05) is 6.07 Å². The number of methoxy groups -OCH3 is 1. The van der Waals surface area contributed by atoms with Crippen molar-refractivity contribution in [3.05, 3.63) is 24.3 Å². The minimum atomic E-state index is -0.989. The first-order valence-corrected chi connectivity index (χ1v) is 8.64. The summed E-state index contributed by atoms with van der Waals surface area (Å²) in [5.74, 6) is -0.260. The molecule has 0 unspecified atom stereocenters. The number of hydrogen-bond donors (Lipinski definition) is 2. The molecular formula is C18H24N2O5. The Morgan fingerprint density at radius 2 is 1.92 bits per heavy atom. The molecule has 2 saturated heterocycles. The third-order valence-corrected chi connectivity index (χ3v) is 4.82. The van der Waals surface area contributed by atoms with Crippen LogP contribution in [0.25, 0.3) is 0 Å². The predicted molar refractivity (Wildman–Crippen MR) is 91.7 cm³/mol. The van der Waals surface area contributed by atoms with Gasteiger partial charge in [0.25, 0.3) is 5.91 Å². The average Bonchev–Trinajstić information content (AvgIpc) is 3.12. The molecule has 7 nitrogen and oxygen atoms in total. The molecule has 1 aromatic rings. The number of carbonyl (C=O) groups is 2. The van der Waals surface area contributed by atoms with Crippen LogP contribution in [-0.4, -0.2) is 60.3 Å². The van der Waals surface area contributed by atoms with E-state index in [9.17, 15) is 9.59 Å². The van der Waals surface area contributed by atoms with Crippen LogP contribution in [-0.2, 0) is 14.3 Å². The fourth-order valence-corrected chi connectivity index (χ4v) is 3.40. The number of carboxylic acid groups (broad SMARTS) is 1. The van der Waals surface area contributed by atoms with E-state index in [1.165, 1.54) is 0 Å². The van der Waals surface area contributed by atoms with E-state index in [4.69, 9.17) is 14.6 Å². The summed E-state index contributed by atoms with van der Waals surface area (Å²) in [5.41, 5.74) is 1.01. The topological polar surface area (TPSA) is 88.1 Å². The van der Waals surface area contributed by atoms with Crippen molar-refractivity contribution in [1.29, 1.82) is 0 Å². The van der Waals surface area contributed by atoms with Crippen LogP contribution < -0.4 is 10.1 Å². The number of hydrogen-bond acceptors (Lipinski definition) is 5. The van der Waals surface area contributed by atoms with Crippen LogP contribution in [0, 0.1) is 0 Å². The van der Waals surface area contributed by atoms with Crippen molar-refractivity contribution < 1.29 is 24.2 Å². The Kier molecular flexibility index (Phi) is 5.43. The third-order valence-electron chi connectivity index (χ3n) is 4.82. The van der Waals surface area contributed by atoms with Gasteiger partial charge in [-0.15, -0.1) is 0 Å². The van der Waals surface area contributed by atoms with Crippen molar-refractivity contribution in [1.82, 2.24) is 4.90 Å². The van der Waals surface area contributed by atoms with Crippen molar-refractivity contribution in [3.63, 3.8) is 0 Å². The molecule has 2 aliphatic rings. The summed E-state index contributed by atoms with van der Waals surface area (Å²) in [6.07, 6.45) is 1.12. The fraction of sp³-hybridized carbons (Fsp3) is 0.556. The van der Waals surface area contributed by atoms with Crippen molar-refractivity contribution in [2.45, 2.75) is 43.9 Å². The molecule has 1 aromatic carbocycles. The molecular weight excluding hydrogens is 324 g/mol. The second-order valence-electron chi connectivity index (χ2n) is 6.50. The standard InChI is InChI=1S/C18H24N2O5/c1-24-14-4-2-3-13(11-14)19-12-7-9-20(10-8-12)17(21)15-5-6-16(25-15)18(22)23/h2-4,11-12,15-16,19H,5-10H2,1H3,(H,22,23)/t15-,16+/m0/s1. The van der Waals surface area contributed by atoms with Gasteiger partial charge >= 0.3 is 5.97 Å². The van der Waals surface area contributed by atoms with Crippen molar-refractivity contribution in [2.24, 2.45) is 0 Å². The zero-order valence-electron chi connectivity index (χ0n) is 14.3. The molecule has 2 heterocycles. The second-order valence-corrected chi connectivity index (χ2v) is 6.50. The number of carbonyl (C=O) groups excluding carboxylic acids is 1. The lowest BCUT2D eigenvalue weighted by Crippen LogP contribution is -2.46. The maximum atomic E-state index is 12.5. The van der Waals surface area contributed by atoms with Crippen LogP contribution in [0.1, 0.15) is 25.7 Å². The molecule has 2 atom stereocenters. The molecule has 0 saturated carbocycles. The fourth-order valence-electron chi connectivity index (χ4n) is 3.40. The number of anilines is 1. The Morgan fingerprint density at radius 3 is 2.56 bits per heavy atom. The molecule has 3 rings (SSSR count). The number of amides is 1. The number of nitrogens with one attached hydrogen (secondary N) is 1. The molecule has 0 aliphatic carbocycles. The van der Waals surface area contributed by atoms with E-state index in [-0.39, 0.29) is 5.91 Å². The van der Waals surface area contributed by atoms with E-state index in [2.05, 4.69) is 5.32 Å². The van der Waals surface area contributed by atoms with Gasteiger partial charge in [-0.25, -0.2) is 4.79 Å². The van der Waals surface area contributed by atoms with Crippen LogP contribution in [0.15, 0.2) is 24.3 Å². The summed E-state index contributed by atoms with van der Waals surface area (Å²) in [7, 11) is 1.64. The highest BCUT2D eigenvalue weighted by molar-refractivity contribution is 5.82. The molecule has 0 spiro atoms. The smallest absolute Gasteiger partial charge is 0.332 e. The number of rotatable bonds is 5. The van der Waals surface area contributed by atoms with Gasteiger partial charge in [-0.3, -0.25) is 4.79 Å². The molecule has 2 fully saturated rings. The molecule has 1 amide bonds. The number of likely N-dealkylation sites (tertiary alicyclic amines) is 1. The first-order valence-electron chi connectivity index (χ1n) is 8.64. The van der Waals surface area contributed by atoms with E-state index < -0.39 is 18.2 Å². The lowest BCUT2D eigenvalue weighted by molar-refractivity contribution is -0.155. The summed E-state index contributed by atoms with van der Waals surface area (Å²) in [6, 6.07) is 8.09. The molecule has 0 radical (unpaired) electrons. The van der Waals surface area contributed by atoms with Gasteiger partial charge in [0.2, 0.25) is 0 Å². The quantitative estimate of drug-likeness (QED) is 0.843. The van der Waals surface area contributed by atoms with Crippen LogP contribution in [0.5, 0.6) is 5.75 Å². The predicted octanol–water partition coefficient (Wildman–Crippen LogP) is 1.73. The maximum Gasteiger partial charge on any atom is 0.332 e. The van der Waals surface area contributed by atoms with Crippen molar-refractivity contribution in [2.75, 3.05) is 25.5 Å². The molecule has 2 aliphatic heterocycles.